The quantitative estimate of drug-likeness (QED) is 0.708. The molecule has 0 radical (unpaired) electrons. The number of carbonyl (C=O) groups is 2. The number of piperidine rings is 1. The van der Waals surface area contributed by atoms with Gasteiger partial charge in [0, 0.05) is 30.2 Å². The standard InChI is InChI=1S/C24H29N3O2/c1-2-18-8-4-5-9-21(18)26-23(29)24(14-15-24)22(28)25-19-10-12-20(13-11-19)27-16-6-3-7-17-27/h4-5,8-13H,2-3,6-7,14-17H2,1H3,(H,25,28)(H,26,29). The van der Waals surface area contributed by atoms with Gasteiger partial charge in [-0.3, -0.25) is 9.59 Å². The molecule has 2 amide bonds. The first-order valence-electron chi connectivity index (χ1n) is 10.7. The monoisotopic (exact) mass is 391 g/mol. The first-order chi connectivity index (χ1) is 14.1. The van der Waals surface area contributed by atoms with Gasteiger partial charge < -0.3 is 15.5 Å². The fraction of sp³-hybridized carbons (Fsp3) is 0.417. The molecule has 1 saturated carbocycles. The number of anilines is 3. The van der Waals surface area contributed by atoms with E-state index in [1.165, 1.54) is 24.9 Å². The van der Waals surface area contributed by atoms with Crippen LogP contribution in [0.4, 0.5) is 17.1 Å². The van der Waals surface area contributed by atoms with Gasteiger partial charge in [0.05, 0.1) is 0 Å². The molecule has 2 N–H and O–H groups in total. The fourth-order valence-electron chi connectivity index (χ4n) is 4.03. The van der Waals surface area contributed by atoms with Crippen LogP contribution < -0.4 is 15.5 Å². The minimum Gasteiger partial charge on any atom is -0.372 e. The molecular weight excluding hydrogens is 362 g/mol. The molecule has 0 atom stereocenters. The summed E-state index contributed by atoms with van der Waals surface area (Å²) in [4.78, 5) is 28.2. The summed E-state index contributed by atoms with van der Waals surface area (Å²) in [7, 11) is 0. The van der Waals surface area contributed by atoms with E-state index in [4.69, 9.17) is 0 Å². The Morgan fingerprint density at radius 1 is 0.897 bits per heavy atom. The van der Waals surface area contributed by atoms with Gasteiger partial charge in [-0.1, -0.05) is 25.1 Å². The zero-order valence-corrected chi connectivity index (χ0v) is 17.0. The first kappa shape index (κ1) is 19.5. The SMILES string of the molecule is CCc1ccccc1NC(=O)C1(C(=O)Nc2ccc(N3CCCCC3)cc2)CC1. The largest absolute Gasteiger partial charge is 0.372 e. The van der Waals surface area contributed by atoms with E-state index in [1.54, 1.807) is 0 Å². The Morgan fingerprint density at radius 2 is 1.55 bits per heavy atom. The van der Waals surface area contributed by atoms with Crippen LogP contribution in [0.5, 0.6) is 0 Å². The van der Waals surface area contributed by atoms with Gasteiger partial charge in [-0.15, -0.1) is 0 Å². The summed E-state index contributed by atoms with van der Waals surface area (Å²) in [5.74, 6) is -0.421. The Hall–Kier alpha value is -2.82. The molecule has 29 heavy (non-hydrogen) atoms. The molecule has 1 aliphatic heterocycles. The van der Waals surface area contributed by atoms with Gasteiger partial charge in [-0.2, -0.15) is 0 Å². The summed E-state index contributed by atoms with van der Waals surface area (Å²) < 4.78 is 0. The molecule has 1 heterocycles. The number of rotatable bonds is 6. The Balaban J connectivity index is 1.40. The first-order valence-corrected chi connectivity index (χ1v) is 10.7. The molecule has 2 aliphatic rings. The van der Waals surface area contributed by atoms with E-state index in [-0.39, 0.29) is 11.8 Å². The smallest absolute Gasteiger partial charge is 0.240 e. The summed E-state index contributed by atoms with van der Waals surface area (Å²) >= 11 is 0. The molecule has 1 saturated heterocycles. The molecule has 5 nitrogen and oxygen atoms in total. The van der Waals surface area contributed by atoms with E-state index < -0.39 is 5.41 Å². The Labute approximate surface area is 172 Å². The third-order valence-electron chi connectivity index (χ3n) is 6.11. The van der Waals surface area contributed by atoms with Crippen LogP contribution in [-0.2, 0) is 16.0 Å². The summed E-state index contributed by atoms with van der Waals surface area (Å²) in [5.41, 5.74) is 2.85. The van der Waals surface area contributed by atoms with Crippen LogP contribution in [-0.4, -0.2) is 24.9 Å². The van der Waals surface area contributed by atoms with Crippen molar-refractivity contribution in [2.45, 2.75) is 45.4 Å². The molecular formula is C24H29N3O2. The summed E-state index contributed by atoms with van der Waals surface area (Å²) in [6, 6.07) is 15.7. The predicted octanol–water partition coefficient (Wildman–Crippen LogP) is 4.60. The molecule has 0 spiro atoms. The Morgan fingerprint density at radius 3 is 2.21 bits per heavy atom. The second-order valence-electron chi connectivity index (χ2n) is 8.10. The van der Waals surface area contributed by atoms with Crippen molar-refractivity contribution in [3.63, 3.8) is 0 Å². The van der Waals surface area contributed by atoms with Crippen LogP contribution in [0.3, 0.4) is 0 Å². The predicted molar refractivity (Wildman–Crippen MR) is 117 cm³/mol. The maximum Gasteiger partial charge on any atom is 0.240 e. The Bertz CT molecular complexity index is 881. The summed E-state index contributed by atoms with van der Waals surface area (Å²) in [6.45, 7) is 4.24. The van der Waals surface area contributed by atoms with Crippen molar-refractivity contribution in [3.8, 4) is 0 Å². The highest BCUT2D eigenvalue weighted by Gasteiger charge is 2.56. The zero-order valence-electron chi connectivity index (χ0n) is 17.0. The number of aryl methyl sites for hydroxylation is 1. The topological polar surface area (TPSA) is 61.4 Å². The Kier molecular flexibility index (Phi) is 5.56. The van der Waals surface area contributed by atoms with E-state index in [0.29, 0.717) is 12.8 Å². The van der Waals surface area contributed by atoms with Crippen molar-refractivity contribution in [1.29, 1.82) is 0 Å². The molecule has 152 valence electrons. The minimum atomic E-state index is -0.952. The number of nitrogens with one attached hydrogen (secondary N) is 2. The molecule has 2 aromatic carbocycles. The van der Waals surface area contributed by atoms with Crippen molar-refractivity contribution in [3.05, 3.63) is 54.1 Å². The van der Waals surface area contributed by atoms with Crippen LogP contribution >= 0.6 is 0 Å². The van der Waals surface area contributed by atoms with E-state index in [2.05, 4.69) is 34.6 Å². The van der Waals surface area contributed by atoms with E-state index in [9.17, 15) is 9.59 Å². The lowest BCUT2D eigenvalue weighted by Crippen LogP contribution is -2.35. The maximum absolute atomic E-state index is 12.9. The number of amides is 2. The van der Waals surface area contributed by atoms with Crippen molar-refractivity contribution in [1.82, 2.24) is 0 Å². The maximum atomic E-state index is 12.9. The van der Waals surface area contributed by atoms with Gasteiger partial charge in [0.1, 0.15) is 5.41 Å². The lowest BCUT2D eigenvalue weighted by atomic mass is 10.0. The minimum absolute atomic E-state index is 0.208. The number of carbonyl (C=O) groups excluding carboxylic acids is 2. The third kappa shape index (κ3) is 4.14. The van der Waals surface area contributed by atoms with Gasteiger partial charge in [-0.25, -0.2) is 0 Å². The highest BCUT2D eigenvalue weighted by molar-refractivity contribution is 6.17. The second-order valence-corrected chi connectivity index (χ2v) is 8.10. The van der Waals surface area contributed by atoms with Gasteiger partial charge in [0.15, 0.2) is 0 Å². The number of hydrogen-bond acceptors (Lipinski definition) is 3. The molecule has 5 heteroatoms. The van der Waals surface area contributed by atoms with Gasteiger partial charge in [-0.05, 0) is 74.4 Å². The lowest BCUT2D eigenvalue weighted by Gasteiger charge is -2.28. The molecule has 2 aromatic rings. The highest BCUT2D eigenvalue weighted by Crippen LogP contribution is 2.47. The van der Waals surface area contributed by atoms with Crippen molar-refractivity contribution >= 4 is 28.9 Å². The van der Waals surface area contributed by atoms with E-state index in [1.807, 2.05) is 36.4 Å². The highest BCUT2D eigenvalue weighted by atomic mass is 16.2. The molecule has 0 unspecified atom stereocenters. The van der Waals surface area contributed by atoms with E-state index in [0.717, 1.165) is 36.4 Å². The molecule has 1 aliphatic carbocycles. The van der Waals surface area contributed by atoms with Crippen molar-refractivity contribution in [2.24, 2.45) is 5.41 Å². The van der Waals surface area contributed by atoms with Crippen LogP contribution in [0.2, 0.25) is 0 Å². The van der Waals surface area contributed by atoms with Gasteiger partial charge >= 0.3 is 0 Å². The van der Waals surface area contributed by atoms with Crippen LogP contribution in [0, 0.1) is 5.41 Å². The molecule has 4 rings (SSSR count). The molecule has 0 aromatic heterocycles. The fourth-order valence-corrected chi connectivity index (χ4v) is 4.03. The molecule has 2 fully saturated rings. The normalized spacial score (nSPS) is 17.5. The van der Waals surface area contributed by atoms with Gasteiger partial charge in [0.2, 0.25) is 11.8 Å². The second kappa shape index (κ2) is 8.27. The van der Waals surface area contributed by atoms with Crippen molar-refractivity contribution in [2.75, 3.05) is 28.6 Å². The summed E-state index contributed by atoms with van der Waals surface area (Å²) in [5, 5.41) is 5.93. The zero-order chi connectivity index (χ0) is 20.3. The third-order valence-corrected chi connectivity index (χ3v) is 6.11. The van der Waals surface area contributed by atoms with E-state index >= 15 is 0 Å². The van der Waals surface area contributed by atoms with Crippen LogP contribution in [0.1, 0.15) is 44.6 Å². The number of benzene rings is 2. The number of para-hydroxylation sites is 1. The lowest BCUT2D eigenvalue weighted by molar-refractivity contribution is -0.131. The average molecular weight is 392 g/mol. The number of hydrogen-bond donors (Lipinski definition) is 2. The molecule has 0 bridgehead atoms. The number of nitrogens with zero attached hydrogens (tertiary/aromatic N) is 1. The van der Waals surface area contributed by atoms with Crippen LogP contribution in [0.25, 0.3) is 0 Å². The van der Waals surface area contributed by atoms with Gasteiger partial charge in [0.25, 0.3) is 0 Å². The average Bonchev–Trinajstić information content (AvgIpc) is 3.58. The summed E-state index contributed by atoms with van der Waals surface area (Å²) in [6.07, 6.45) is 5.78. The van der Waals surface area contributed by atoms with Crippen molar-refractivity contribution < 1.29 is 9.59 Å². The van der Waals surface area contributed by atoms with Crippen LogP contribution in [0.15, 0.2) is 48.5 Å².